The van der Waals surface area contributed by atoms with E-state index in [-0.39, 0.29) is 25.6 Å². The minimum Gasteiger partial charge on any atom is -0.395 e. The van der Waals surface area contributed by atoms with Crippen molar-refractivity contribution in [2.24, 2.45) is 0 Å². The molecule has 24 heavy (non-hydrogen) atoms. The first-order valence-electron chi connectivity index (χ1n) is 7.18. The number of benzene rings is 1. The molecule has 6 nitrogen and oxygen atoms in total. The zero-order valence-corrected chi connectivity index (χ0v) is 12.7. The summed E-state index contributed by atoms with van der Waals surface area (Å²) in [4.78, 5) is 11.5. The Morgan fingerprint density at radius 1 is 1.25 bits per heavy atom. The molecule has 2 aromatic rings. The highest BCUT2D eigenvalue weighted by molar-refractivity contribution is 5.75. The first-order valence-corrected chi connectivity index (χ1v) is 7.18. The molecule has 1 heterocycles. The molecule has 0 saturated carbocycles. The molecular weight excluding hydrogens is 325 g/mol. The Hall–Kier alpha value is -2.55. The van der Waals surface area contributed by atoms with Gasteiger partial charge in [0.15, 0.2) is 0 Å². The van der Waals surface area contributed by atoms with Crippen molar-refractivity contribution >= 4 is 11.6 Å². The summed E-state index contributed by atoms with van der Waals surface area (Å²) in [7, 11) is 0. The summed E-state index contributed by atoms with van der Waals surface area (Å²) in [6, 6.07) is 4.88. The van der Waals surface area contributed by atoms with Gasteiger partial charge in [-0.3, -0.25) is 9.48 Å². The van der Waals surface area contributed by atoms with Gasteiger partial charge in [0.2, 0.25) is 5.91 Å². The van der Waals surface area contributed by atoms with Crippen LogP contribution < -0.4 is 10.6 Å². The SMILES string of the molecule is O=C(Cn1cc(NCc2ccc(C(F)(F)F)cc2)cn1)NCCO. The number of nitrogens with zero attached hydrogens (tertiary/aromatic N) is 2. The van der Waals surface area contributed by atoms with Gasteiger partial charge in [0.05, 0.1) is 24.1 Å². The van der Waals surface area contributed by atoms with Gasteiger partial charge in [0, 0.05) is 19.3 Å². The lowest BCUT2D eigenvalue weighted by molar-refractivity contribution is -0.137. The maximum absolute atomic E-state index is 12.5. The van der Waals surface area contributed by atoms with Gasteiger partial charge >= 0.3 is 6.18 Å². The number of amides is 1. The molecule has 0 bridgehead atoms. The number of aromatic nitrogens is 2. The van der Waals surface area contributed by atoms with Gasteiger partial charge in [0.1, 0.15) is 6.54 Å². The van der Waals surface area contributed by atoms with E-state index in [0.29, 0.717) is 17.8 Å². The van der Waals surface area contributed by atoms with Gasteiger partial charge in [-0.2, -0.15) is 18.3 Å². The molecule has 0 aliphatic carbocycles. The number of anilines is 1. The summed E-state index contributed by atoms with van der Waals surface area (Å²) < 4.78 is 38.9. The Bertz CT molecular complexity index is 668. The molecule has 9 heteroatoms. The Kier molecular flexibility index (Phi) is 5.80. The fourth-order valence-corrected chi connectivity index (χ4v) is 1.96. The number of nitrogens with one attached hydrogen (secondary N) is 2. The van der Waals surface area contributed by atoms with Crippen molar-refractivity contribution in [3.05, 3.63) is 47.8 Å². The number of aliphatic hydroxyl groups excluding tert-OH is 1. The number of carbonyl (C=O) groups excluding carboxylic acids is 1. The fraction of sp³-hybridized carbons (Fsp3) is 0.333. The minimum atomic E-state index is -4.34. The van der Waals surface area contributed by atoms with Crippen molar-refractivity contribution in [1.29, 1.82) is 0 Å². The van der Waals surface area contributed by atoms with Gasteiger partial charge in [0.25, 0.3) is 0 Å². The van der Waals surface area contributed by atoms with E-state index in [2.05, 4.69) is 15.7 Å². The quantitative estimate of drug-likeness (QED) is 0.714. The van der Waals surface area contributed by atoms with Crippen LogP contribution in [0.4, 0.5) is 18.9 Å². The number of alkyl halides is 3. The van der Waals surface area contributed by atoms with Crippen molar-refractivity contribution in [3.8, 4) is 0 Å². The second-order valence-electron chi connectivity index (χ2n) is 5.05. The lowest BCUT2D eigenvalue weighted by Gasteiger charge is -2.08. The molecule has 1 aromatic carbocycles. The van der Waals surface area contributed by atoms with Crippen molar-refractivity contribution < 1.29 is 23.1 Å². The zero-order chi connectivity index (χ0) is 17.6. The molecule has 0 saturated heterocycles. The smallest absolute Gasteiger partial charge is 0.395 e. The highest BCUT2D eigenvalue weighted by Crippen LogP contribution is 2.29. The molecule has 1 amide bonds. The monoisotopic (exact) mass is 342 g/mol. The van der Waals surface area contributed by atoms with Crippen molar-refractivity contribution in [3.63, 3.8) is 0 Å². The highest BCUT2D eigenvalue weighted by atomic mass is 19.4. The Labute approximate surface area is 136 Å². The minimum absolute atomic E-state index is 0.0158. The van der Waals surface area contributed by atoms with Crippen LogP contribution >= 0.6 is 0 Å². The van der Waals surface area contributed by atoms with Crippen LogP contribution in [0.25, 0.3) is 0 Å². The van der Waals surface area contributed by atoms with Crippen LogP contribution in [0.2, 0.25) is 0 Å². The molecule has 1 aromatic heterocycles. The molecule has 0 atom stereocenters. The summed E-state index contributed by atoms with van der Waals surface area (Å²) in [5.74, 6) is -0.276. The first-order chi connectivity index (χ1) is 11.4. The van der Waals surface area contributed by atoms with Crippen LogP contribution in [0.3, 0.4) is 0 Å². The topological polar surface area (TPSA) is 79.2 Å². The third-order valence-corrected chi connectivity index (χ3v) is 3.15. The predicted octanol–water partition coefficient (Wildman–Crippen LogP) is 1.62. The number of hydrogen-bond donors (Lipinski definition) is 3. The fourth-order valence-electron chi connectivity index (χ4n) is 1.96. The summed E-state index contributed by atoms with van der Waals surface area (Å²) in [5, 5.41) is 18.1. The Morgan fingerprint density at radius 2 is 1.96 bits per heavy atom. The van der Waals surface area contributed by atoms with Gasteiger partial charge in [-0.05, 0) is 17.7 Å². The van der Waals surface area contributed by atoms with Crippen LogP contribution in [0.5, 0.6) is 0 Å². The zero-order valence-electron chi connectivity index (χ0n) is 12.7. The summed E-state index contributed by atoms with van der Waals surface area (Å²) in [6.07, 6.45) is -1.21. The molecule has 3 N–H and O–H groups in total. The Morgan fingerprint density at radius 3 is 2.58 bits per heavy atom. The first kappa shape index (κ1) is 17.8. The van der Waals surface area contributed by atoms with E-state index in [1.54, 1.807) is 6.20 Å². The third-order valence-electron chi connectivity index (χ3n) is 3.15. The molecule has 130 valence electrons. The Balaban J connectivity index is 1.85. The number of hydrogen-bond acceptors (Lipinski definition) is 4. The summed E-state index contributed by atoms with van der Waals surface area (Å²) in [6.45, 7) is 0.395. The summed E-state index contributed by atoms with van der Waals surface area (Å²) in [5.41, 5.74) is 0.647. The predicted molar refractivity (Wildman–Crippen MR) is 81.1 cm³/mol. The molecule has 0 aliphatic rings. The average molecular weight is 342 g/mol. The molecular formula is C15H17F3N4O2. The van der Waals surface area contributed by atoms with Crippen LogP contribution in [0, 0.1) is 0 Å². The molecule has 0 fully saturated rings. The number of rotatable bonds is 7. The highest BCUT2D eigenvalue weighted by Gasteiger charge is 2.29. The van der Waals surface area contributed by atoms with E-state index in [1.807, 2.05) is 0 Å². The van der Waals surface area contributed by atoms with Crippen LogP contribution in [-0.2, 0) is 24.1 Å². The average Bonchev–Trinajstić information content (AvgIpc) is 2.98. The maximum Gasteiger partial charge on any atom is 0.416 e. The van der Waals surface area contributed by atoms with E-state index >= 15 is 0 Å². The molecule has 0 aliphatic heterocycles. The maximum atomic E-state index is 12.5. The van der Waals surface area contributed by atoms with Crippen LogP contribution in [0.15, 0.2) is 36.7 Å². The van der Waals surface area contributed by atoms with Crippen LogP contribution in [0.1, 0.15) is 11.1 Å². The number of halogens is 3. The van der Waals surface area contributed by atoms with Crippen molar-refractivity contribution in [1.82, 2.24) is 15.1 Å². The second-order valence-corrected chi connectivity index (χ2v) is 5.05. The lowest BCUT2D eigenvalue weighted by Crippen LogP contribution is -2.30. The molecule has 0 radical (unpaired) electrons. The van der Waals surface area contributed by atoms with E-state index < -0.39 is 11.7 Å². The lowest BCUT2D eigenvalue weighted by atomic mass is 10.1. The molecule has 2 rings (SSSR count). The van der Waals surface area contributed by atoms with E-state index in [0.717, 1.165) is 12.1 Å². The van der Waals surface area contributed by atoms with Crippen LogP contribution in [-0.4, -0.2) is 33.9 Å². The van der Waals surface area contributed by atoms with Gasteiger partial charge in [-0.15, -0.1) is 0 Å². The largest absolute Gasteiger partial charge is 0.416 e. The van der Waals surface area contributed by atoms with Crippen molar-refractivity contribution in [2.45, 2.75) is 19.3 Å². The second kappa shape index (κ2) is 7.82. The number of carbonyl (C=O) groups is 1. The standard InChI is InChI=1S/C15H17F3N4O2/c16-15(17,18)12-3-1-11(2-4-12)7-20-13-8-21-22(9-13)10-14(24)19-5-6-23/h1-4,8-9,20,23H,5-7,10H2,(H,19,24). The third kappa shape index (κ3) is 5.27. The van der Waals surface area contributed by atoms with E-state index in [9.17, 15) is 18.0 Å². The van der Waals surface area contributed by atoms with Gasteiger partial charge < -0.3 is 15.7 Å². The molecule has 0 spiro atoms. The van der Waals surface area contributed by atoms with E-state index in [1.165, 1.54) is 23.0 Å². The number of aliphatic hydroxyl groups is 1. The van der Waals surface area contributed by atoms with Crippen molar-refractivity contribution in [2.75, 3.05) is 18.5 Å². The summed E-state index contributed by atoms with van der Waals surface area (Å²) >= 11 is 0. The van der Waals surface area contributed by atoms with E-state index in [4.69, 9.17) is 5.11 Å². The van der Waals surface area contributed by atoms with Gasteiger partial charge in [-0.1, -0.05) is 12.1 Å². The molecule has 0 unspecified atom stereocenters. The normalized spacial score (nSPS) is 11.3. The van der Waals surface area contributed by atoms with Gasteiger partial charge in [-0.25, -0.2) is 0 Å².